The highest BCUT2D eigenvalue weighted by Crippen LogP contribution is 2.23. The fourth-order valence-electron chi connectivity index (χ4n) is 1.92. The van der Waals surface area contributed by atoms with Gasteiger partial charge in [-0.2, -0.15) is 5.10 Å². The molecule has 1 N–H and O–H groups in total. The van der Waals surface area contributed by atoms with Crippen LogP contribution >= 0.6 is 23.2 Å². The number of amides is 1. The van der Waals surface area contributed by atoms with E-state index in [1.807, 2.05) is 12.1 Å². The first-order chi connectivity index (χ1) is 10.6. The Balaban J connectivity index is 1.75. The van der Waals surface area contributed by atoms with Gasteiger partial charge in [-0.3, -0.25) is 4.79 Å². The molecule has 0 atom stereocenters. The average Bonchev–Trinajstić information content (AvgIpc) is 2.92. The van der Waals surface area contributed by atoms with E-state index >= 15 is 0 Å². The van der Waals surface area contributed by atoms with E-state index in [1.54, 1.807) is 36.4 Å². The van der Waals surface area contributed by atoms with E-state index in [2.05, 4.69) is 10.5 Å². The van der Waals surface area contributed by atoms with Crippen molar-refractivity contribution in [3.05, 3.63) is 69.9 Å². The molecule has 0 bridgehead atoms. The number of nitrogens with one attached hydrogen (secondary N) is 1. The molecule has 0 aliphatic rings. The third-order valence-corrected chi connectivity index (χ3v) is 3.56. The van der Waals surface area contributed by atoms with Crippen molar-refractivity contribution in [1.29, 1.82) is 0 Å². The third kappa shape index (κ3) is 3.13. The number of halogens is 2. The topological polar surface area (TPSA) is 54.6 Å². The average molecular weight is 333 g/mol. The lowest BCUT2D eigenvalue weighted by Crippen LogP contribution is -2.16. The number of hydrogen-bond acceptors (Lipinski definition) is 3. The molecule has 110 valence electrons. The molecule has 0 fully saturated rings. The molecule has 0 saturated carbocycles. The minimum Gasteiger partial charge on any atom is -0.451 e. The molecular formula is C16H10Cl2N2O2. The van der Waals surface area contributed by atoms with Crippen molar-refractivity contribution in [2.24, 2.45) is 5.10 Å². The summed E-state index contributed by atoms with van der Waals surface area (Å²) in [7, 11) is 0. The van der Waals surface area contributed by atoms with Crippen LogP contribution in [0.5, 0.6) is 0 Å². The van der Waals surface area contributed by atoms with Crippen molar-refractivity contribution in [3.8, 4) is 0 Å². The number of carbonyl (C=O) groups is 1. The Bertz CT molecular complexity index is 871. The van der Waals surface area contributed by atoms with E-state index in [-0.39, 0.29) is 5.76 Å². The van der Waals surface area contributed by atoms with E-state index in [9.17, 15) is 4.79 Å². The Morgan fingerprint density at radius 2 is 1.95 bits per heavy atom. The predicted octanol–water partition coefficient (Wildman–Crippen LogP) is 4.50. The molecule has 0 spiro atoms. The number of fused-ring (bicyclic) bond motifs is 1. The van der Waals surface area contributed by atoms with Crippen LogP contribution < -0.4 is 5.43 Å². The molecule has 6 heteroatoms. The second-order valence-electron chi connectivity index (χ2n) is 4.51. The van der Waals surface area contributed by atoms with Gasteiger partial charge in [-0.1, -0.05) is 41.4 Å². The molecule has 0 radical (unpaired) electrons. The van der Waals surface area contributed by atoms with Gasteiger partial charge in [-0.05, 0) is 30.3 Å². The number of hydrazone groups is 1. The summed E-state index contributed by atoms with van der Waals surface area (Å²) in [4.78, 5) is 12.0. The number of benzene rings is 2. The molecule has 0 unspecified atom stereocenters. The summed E-state index contributed by atoms with van der Waals surface area (Å²) in [5, 5.41) is 5.76. The number of hydrogen-bond donors (Lipinski definition) is 1. The van der Waals surface area contributed by atoms with E-state index in [4.69, 9.17) is 27.6 Å². The summed E-state index contributed by atoms with van der Waals surface area (Å²) in [6.45, 7) is 0. The number of carbonyl (C=O) groups excluding carboxylic acids is 1. The molecule has 3 rings (SSSR count). The highest BCUT2D eigenvalue weighted by Gasteiger charge is 2.11. The highest BCUT2D eigenvalue weighted by molar-refractivity contribution is 6.33. The van der Waals surface area contributed by atoms with Gasteiger partial charge in [0.25, 0.3) is 0 Å². The van der Waals surface area contributed by atoms with Gasteiger partial charge in [0.15, 0.2) is 5.76 Å². The van der Waals surface area contributed by atoms with Crippen LogP contribution in [0.25, 0.3) is 11.0 Å². The lowest BCUT2D eigenvalue weighted by Gasteiger charge is -1.97. The van der Waals surface area contributed by atoms with E-state index in [1.165, 1.54) is 6.21 Å². The molecule has 4 nitrogen and oxygen atoms in total. The molecule has 0 aliphatic carbocycles. The molecular weight excluding hydrogens is 323 g/mol. The van der Waals surface area contributed by atoms with Crippen molar-refractivity contribution in [2.45, 2.75) is 0 Å². The molecule has 1 amide bonds. The van der Waals surface area contributed by atoms with Gasteiger partial charge in [0, 0.05) is 21.0 Å². The summed E-state index contributed by atoms with van der Waals surface area (Å²) in [5.74, 6) is -0.288. The lowest BCUT2D eigenvalue weighted by atomic mass is 10.2. The second kappa shape index (κ2) is 6.22. The Kier molecular flexibility index (Phi) is 4.13. The van der Waals surface area contributed by atoms with Crippen LogP contribution in [0.3, 0.4) is 0 Å². The van der Waals surface area contributed by atoms with Gasteiger partial charge in [-0.25, -0.2) is 5.43 Å². The second-order valence-corrected chi connectivity index (χ2v) is 5.36. The maximum Gasteiger partial charge on any atom is 0.307 e. The summed E-state index contributed by atoms with van der Waals surface area (Å²) in [5.41, 5.74) is 3.69. The highest BCUT2D eigenvalue weighted by atomic mass is 35.5. The van der Waals surface area contributed by atoms with Crippen LogP contribution in [-0.2, 0) is 0 Å². The van der Waals surface area contributed by atoms with Crippen LogP contribution in [0.2, 0.25) is 10.0 Å². The Labute approximate surface area is 136 Å². The molecule has 0 saturated heterocycles. The number of rotatable bonds is 3. The van der Waals surface area contributed by atoms with Crippen molar-refractivity contribution in [3.63, 3.8) is 0 Å². The molecule has 0 aliphatic heterocycles. The Morgan fingerprint density at radius 3 is 2.77 bits per heavy atom. The van der Waals surface area contributed by atoms with Crippen LogP contribution in [0.1, 0.15) is 16.1 Å². The summed E-state index contributed by atoms with van der Waals surface area (Å²) in [6, 6.07) is 13.9. The normalized spacial score (nSPS) is 11.2. The minimum absolute atomic E-state index is 0.161. The third-order valence-electron chi connectivity index (χ3n) is 2.98. The smallest absolute Gasteiger partial charge is 0.307 e. The van der Waals surface area contributed by atoms with Crippen molar-refractivity contribution < 1.29 is 9.21 Å². The van der Waals surface area contributed by atoms with Crippen LogP contribution in [0.4, 0.5) is 0 Å². The van der Waals surface area contributed by atoms with Gasteiger partial charge in [-0.15, -0.1) is 0 Å². The predicted molar refractivity (Wildman–Crippen MR) is 87.7 cm³/mol. The Hall–Kier alpha value is -2.30. The maximum atomic E-state index is 12.0. The van der Waals surface area contributed by atoms with Gasteiger partial charge >= 0.3 is 5.91 Å². The Morgan fingerprint density at radius 1 is 1.14 bits per heavy atom. The number of furan rings is 1. The van der Waals surface area contributed by atoms with Crippen LogP contribution in [-0.4, -0.2) is 12.1 Å². The zero-order chi connectivity index (χ0) is 15.5. The molecule has 1 aromatic heterocycles. The van der Waals surface area contributed by atoms with E-state index < -0.39 is 5.91 Å². The summed E-state index contributed by atoms with van der Waals surface area (Å²) < 4.78 is 5.44. The lowest BCUT2D eigenvalue weighted by molar-refractivity contribution is 0.0929. The first-order valence-electron chi connectivity index (χ1n) is 6.40. The standard InChI is InChI=1S/C16H10Cl2N2O2/c17-12-5-6-14-11(7-12)8-15(22-14)16(21)20-19-9-10-3-1-2-4-13(10)18/h1-9H,(H,20,21)/b19-9+. The molecule has 22 heavy (non-hydrogen) atoms. The van der Waals surface area contributed by atoms with Crippen molar-refractivity contribution in [2.75, 3.05) is 0 Å². The van der Waals surface area contributed by atoms with Gasteiger partial charge in [0.2, 0.25) is 0 Å². The van der Waals surface area contributed by atoms with Gasteiger partial charge < -0.3 is 4.42 Å². The molecule has 2 aromatic carbocycles. The van der Waals surface area contributed by atoms with Crippen LogP contribution in [0, 0.1) is 0 Å². The fraction of sp³-hybridized carbons (Fsp3) is 0. The van der Waals surface area contributed by atoms with Crippen LogP contribution in [0.15, 0.2) is 58.0 Å². The van der Waals surface area contributed by atoms with Gasteiger partial charge in [0.1, 0.15) is 5.58 Å². The zero-order valence-electron chi connectivity index (χ0n) is 11.2. The first-order valence-corrected chi connectivity index (χ1v) is 7.16. The minimum atomic E-state index is -0.448. The van der Waals surface area contributed by atoms with Crippen molar-refractivity contribution >= 4 is 46.3 Å². The van der Waals surface area contributed by atoms with E-state index in [0.29, 0.717) is 21.2 Å². The molecule has 1 heterocycles. The fourth-order valence-corrected chi connectivity index (χ4v) is 2.29. The van der Waals surface area contributed by atoms with Gasteiger partial charge in [0.05, 0.1) is 6.21 Å². The largest absolute Gasteiger partial charge is 0.451 e. The maximum absolute atomic E-state index is 12.0. The first kappa shape index (κ1) is 14.6. The van der Waals surface area contributed by atoms with Crippen molar-refractivity contribution in [1.82, 2.24) is 5.43 Å². The quantitative estimate of drug-likeness (QED) is 0.567. The summed E-state index contributed by atoms with van der Waals surface area (Å²) >= 11 is 11.9. The van der Waals surface area contributed by atoms with E-state index in [0.717, 1.165) is 5.39 Å². The molecule has 3 aromatic rings. The SMILES string of the molecule is O=C(N/N=C/c1ccccc1Cl)c1cc2cc(Cl)ccc2o1. The number of nitrogens with zero attached hydrogens (tertiary/aromatic N) is 1. The summed E-state index contributed by atoms with van der Waals surface area (Å²) in [6.07, 6.45) is 1.47. The monoisotopic (exact) mass is 332 g/mol. The zero-order valence-corrected chi connectivity index (χ0v) is 12.7.